The van der Waals surface area contributed by atoms with Gasteiger partial charge in [0.15, 0.2) is 0 Å². The van der Waals surface area contributed by atoms with Gasteiger partial charge in [0, 0.05) is 37.7 Å². The Bertz CT molecular complexity index is 830. The van der Waals surface area contributed by atoms with Gasteiger partial charge in [-0.2, -0.15) is 10.2 Å². The molecule has 1 aliphatic carbocycles. The molecule has 7 nitrogen and oxygen atoms in total. The summed E-state index contributed by atoms with van der Waals surface area (Å²) in [7, 11) is 1.88. The van der Waals surface area contributed by atoms with Crippen LogP contribution in [0.2, 0.25) is 0 Å². The van der Waals surface area contributed by atoms with Crippen LogP contribution in [0, 0.1) is 0 Å². The second-order valence-corrected chi connectivity index (χ2v) is 6.22. The van der Waals surface area contributed by atoms with Gasteiger partial charge >= 0.3 is 0 Å². The van der Waals surface area contributed by atoms with Crippen molar-refractivity contribution >= 4 is 5.52 Å². The summed E-state index contributed by atoms with van der Waals surface area (Å²) in [5, 5.41) is 8.50. The minimum absolute atomic E-state index is 0.215. The minimum Gasteiger partial charge on any atom is -0.470 e. The monoisotopic (exact) mass is 298 g/mol. The lowest BCUT2D eigenvalue weighted by Gasteiger charge is -2.42. The van der Waals surface area contributed by atoms with E-state index in [2.05, 4.69) is 22.1 Å². The molecule has 114 valence electrons. The van der Waals surface area contributed by atoms with Crippen molar-refractivity contribution in [1.29, 1.82) is 0 Å². The van der Waals surface area contributed by atoms with E-state index in [1.807, 2.05) is 25.5 Å². The van der Waals surface area contributed by atoms with Gasteiger partial charge in [-0.25, -0.2) is 9.50 Å². The van der Waals surface area contributed by atoms with Crippen molar-refractivity contribution in [3.63, 3.8) is 0 Å². The Labute approximate surface area is 127 Å². The Morgan fingerprint density at radius 2 is 2.14 bits per heavy atom. The van der Waals surface area contributed by atoms with E-state index < -0.39 is 0 Å². The normalized spacial score (nSPS) is 24.4. The molecule has 1 fully saturated rings. The molecule has 0 unspecified atom stereocenters. The zero-order valence-corrected chi connectivity index (χ0v) is 12.6. The van der Waals surface area contributed by atoms with Crippen molar-refractivity contribution in [2.75, 3.05) is 0 Å². The molecule has 22 heavy (non-hydrogen) atoms. The highest BCUT2D eigenvalue weighted by Crippen LogP contribution is 2.36. The van der Waals surface area contributed by atoms with Crippen LogP contribution in [0.3, 0.4) is 0 Å². The van der Waals surface area contributed by atoms with Crippen LogP contribution >= 0.6 is 0 Å². The fourth-order valence-corrected chi connectivity index (χ4v) is 3.03. The molecule has 0 radical (unpaired) electrons. The van der Waals surface area contributed by atoms with Crippen molar-refractivity contribution in [2.45, 2.75) is 31.4 Å². The van der Waals surface area contributed by atoms with E-state index in [9.17, 15) is 0 Å². The van der Waals surface area contributed by atoms with E-state index >= 15 is 0 Å². The van der Waals surface area contributed by atoms with Gasteiger partial charge in [-0.3, -0.25) is 4.68 Å². The Kier molecular flexibility index (Phi) is 2.74. The molecule has 3 heterocycles. The molecule has 0 amide bonds. The highest BCUT2D eigenvalue weighted by molar-refractivity contribution is 5.63. The summed E-state index contributed by atoms with van der Waals surface area (Å²) in [5.74, 6) is 0.591. The van der Waals surface area contributed by atoms with E-state index in [4.69, 9.17) is 10.5 Å². The van der Waals surface area contributed by atoms with E-state index in [-0.39, 0.29) is 11.6 Å². The number of hydrogen-bond donors (Lipinski definition) is 1. The summed E-state index contributed by atoms with van der Waals surface area (Å²) < 4.78 is 9.70. The van der Waals surface area contributed by atoms with Crippen LogP contribution in [-0.2, 0) is 7.05 Å². The molecule has 0 spiro atoms. The smallest absolute Gasteiger partial charge is 0.241 e. The van der Waals surface area contributed by atoms with Gasteiger partial charge in [0.1, 0.15) is 11.1 Å². The van der Waals surface area contributed by atoms with Crippen molar-refractivity contribution < 1.29 is 4.74 Å². The number of aryl methyl sites for hydroxylation is 1. The van der Waals surface area contributed by atoms with E-state index in [0.717, 1.165) is 29.6 Å². The van der Waals surface area contributed by atoms with Crippen LogP contribution in [0.25, 0.3) is 16.8 Å². The van der Waals surface area contributed by atoms with Crippen LogP contribution < -0.4 is 10.5 Å². The predicted octanol–water partition coefficient (Wildman–Crippen LogP) is 1.39. The van der Waals surface area contributed by atoms with Gasteiger partial charge in [0.05, 0.1) is 24.3 Å². The van der Waals surface area contributed by atoms with Gasteiger partial charge < -0.3 is 10.5 Å². The Balaban J connectivity index is 1.77. The zero-order valence-electron chi connectivity index (χ0n) is 12.6. The lowest BCUT2D eigenvalue weighted by atomic mass is 9.77. The molecular weight excluding hydrogens is 280 g/mol. The fourth-order valence-electron chi connectivity index (χ4n) is 3.03. The first-order valence-corrected chi connectivity index (χ1v) is 7.30. The molecule has 0 atom stereocenters. The molecule has 1 aliphatic rings. The van der Waals surface area contributed by atoms with Crippen molar-refractivity contribution in [1.82, 2.24) is 24.4 Å². The Morgan fingerprint density at radius 3 is 2.82 bits per heavy atom. The molecule has 0 aromatic carbocycles. The highest BCUT2D eigenvalue weighted by atomic mass is 16.5. The maximum Gasteiger partial charge on any atom is 0.241 e. The molecular formula is C15H18N6O. The molecule has 2 N–H and O–H groups in total. The largest absolute Gasteiger partial charge is 0.470 e. The Hall–Kier alpha value is -2.41. The third-order valence-corrected chi connectivity index (χ3v) is 4.09. The van der Waals surface area contributed by atoms with Crippen LogP contribution in [0.5, 0.6) is 5.88 Å². The molecule has 0 bridgehead atoms. The van der Waals surface area contributed by atoms with Crippen molar-refractivity contribution in [3.05, 3.63) is 30.9 Å². The van der Waals surface area contributed by atoms with Crippen molar-refractivity contribution in [2.24, 2.45) is 12.8 Å². The summed E-state index contributed by atoms with van der Waals surface area (Å²) in [4.78, 5) is 4.67. The first-order chi connectivity index (χ1) is 10.5. The number of nitrogens with zero attached hydrogens (tertiary/aromatic N) is 5. The molecule has 3 aromatic heterocycles. The highest BCUT2D eigenvalue weighted by Gasteiger charge is 2.41. The van der Waals surface area contributed by atoms with Gasteiger partial charge in [0.2, 0.25) is 5.88 Å². The molecule has 0 saturated heterocycles. The molecule has 0 aliphatic heterocycles. The summed E-state index contributed by atoms with van der Waals surface area (Å²) in [6.07, 6.45) is 9.00. The van der Waals surface area contributed by atoms with E-state index in [1.165, 1.54) is 0 Å². The standard InChI is InChI=1S/C15H18N6O/c1-15(5-11(16)6-15)22-14-13-3-4-17-21(13)9-12(19-14)10-7-18-20(2)8-10/h3-4,7-9,11H,5-6,16H2,1-2H3. The SMILES string of the molecule is Cn1cc(-c2cn3nccc3c(OC3(C)CC(N)C3)n2)cn1. The maximum atomic E-state index is 6.17. The van der Waals surface area contributed by atoms with Crippen LogP contribution in [0.4, 0.5) is 0 Å². The summed E-state index contributed by atoms with van der Waals surface area (Å²) in [6.45, 7) is 2.07. The number of nitrogens with two attached hydrogens (primary N) is 1. The number of rotatable bonds is 3. The third-order valence-electron chi connectivity index (χ3n) is 4.09. The van der Waals surface area contributed by atoms with Crippen LogP contribution in [-0.4, -0.2) is 36.0 Å². The summed E-state index contributed by atoms with van der Waals surface area (Å²) in [5.41, 5.74) is 8.22. The number of ether oxygens (including phenoxy) is 1. The average molecular weight is 298 g/mol. The second-order valence-electron chi connectivity index (χ2n) is 6.22. The minimum atomic E-state index is -0.245. The topological polar surface area (TPSA) is 83.3 Å². The average Bonchev–Trinajstić information content (AvgIpc) is 3.05. The van der Waals surface area contributed by atoms with E-state index in [1.54, 1.807) is 21.6 Å². The van der Waals surface area contributed by atoms with E-state index in [0.29, 0.717) is 5.88 Å². The maximum absolute atomic E-state index is 6.17. The quantitative estimate of drug-likeness (QED) is 0.790. The summed E-state index contributed by atoms with van der Waals surface area (Å²) in [6, 6.07) is 2.12. The van der Waals surface area contributed by atoms with Crippen LogP contribution in [0.1, 0.15) is 19.8 Å². The molecule has 3 aromatic rings. The first kappa shape index (κ1) is 13.3. The lowest BCUT2D eigenvalue weighted by Crippen LogP contribution is -2.53. The number of hydrogen-bond acceptors (Lipinski definition) is 5. The number of aromatic nitrogens is 5. The third kappa shape index (κ3) is 2.14. The number of fused-ring (bicyclic) bond motifs is 1. The van der Waals surface area contributed by atoms with Gasteiger partial charge in [-0.1, -0.05) is 0 Å². The van der Waals surface area contributed by atoms with Crippen molar-refractivity contribution in [3.8, 4) is 17.1 Å². The predicted molar refractivity (Wildman–Crippen MR) is 81.4 cm³/mol. The van der Waals surface area contributed by atoms with Gasteiger partial charge in [-0.05, 0) is 13.0 Å². The zero-order chi connectivity index (χ0) is 15.3. The van der Waals surface area contributed by atoms with Crippen LogP contribution in [0.15, 0.2) is 30.9 Å². The summed E-state index contributed by atoms with van der Waals surface area (Å²) >= 11 is 0. The molecule has 1 saturated carbocycles. The molecule has 4 rings (SSSR count). The molecule has 7 heteroatoms. The van der Waals surface area contributed by atoms with Gasteiger partial charge in [0.25, 0.3) is 0 Å². The first-order valence-electron chi connectivity index (χ1n) is 7.30. The second kappa shape index (κ2) is 4.54. The van der Waals surface area contributed by atoms with Gasteiger partial charge in [-0.15, -0.1) is 0 Å². The fraction of sp³-hybridized carbons (Fsp3) is 0.400. The Morgan fingerprint density at radius 1 is 1.32 bits per heavy atom. The lowest BCUT2D eigenvalue weighted by molar-refractivity contribution is -0.00637.